The van der Waals surface area contributed by atoms with Crippen molar-refractivity contribution in [2.75, 3.05) is 5.73 Å². The lowest BCUT2D eigenvalue weighted by Gasteiger charge is -2.04. The zero-order valence-corrected chi connectivity index (χ0v) is 10.9. The van der Waals surface area contributed by atoms with Crippen LogP contribution in [0, 0.1) is 0 Å². The van der Waals surface area contributed by atoms with Crippen LogP contribution >= 0.6 is 11.3 Å². The van der Waals surface area contributed by atoms with E-state index in [1.54, 1.807) is 36.0 Å². The summed E-state index contributed by atoms with van der Waals surface area (Å²) in [6, 6.07) is 5.51. The average molecular weight is 269 g/mol. The van der Waals surface area contributed by atoms with E-state index in [1.807, 2.05) is 17.5 Å². The van der Waals surface area contributed by atoms with Crippen molar-refractivity contribution in [2.45, 2.75) is 6.42 Å². The monoisotopic (exact) mass is 269 g/mol. The van der Waals surface area contributed by atoms with E-state index in [0.29, 0.717) is 11.3 Å². The minimum atomic E-state index is 0.00231. The summed E-state index contributed by atoms with van der Waals surface area (Å²) in [5.74, 6) is 0.00231. The van der Waals surface area contributed by atoms with Crippen LogP contribution in [0.3, 0.4) is 0 Å². The van der Waals surface area contributed by atoms with Crippen LogP contribution in [-0.4, -0.2) is 15.8 Å². The number of carbonyl (C=O) groups is 1. The topological polar surface area (TPSA) is 68.9 Å². The maximum atomic E-state index is 12.2. The first-order valence-electron chi connectivity index (χ1n) is 5.79. The van der Waals surface area contributed by atoms with Crippen LogP contribution in [0.4, 0.5) is 5.69 Å². The number of hydrogen-bond acceptors (Lipinski definition) is 5. The van der Waals surface area contributed by atoms with Crippen LogP contribution in [0.5, 0.6) is 0 Å². The number of carbonyl (C=O) groups excluding carboxylic acids is 1. The number of thiophene rings is 1. The summed E-state index contributed by atoms with van der Waals surface area (Å²) < 4.78 is 1.02. The maximum absolute atomic E-state index is 12.2. The second-order valence-corrected chi connectivity index (χ2v) is 5.15. The molecule has 0 aliphatic carbocycles. The molecule has 94 valence electrons. The van der Waals surface area contributed by atoms with Gasteiger partial charge in [0.1, 0.15) is 0 Å². The minimum absolute atomic E-state index is 0.00231. The summed E-state index contributed by atoms with van der Waals surface area (Å²) in [4.78, 5) is 20.5. The summed E-state index contributed by atoms with van der Waals surface area (Å²) in [6.45, 7) is 0. The number of pyridine rings is 2. The molecule has 0 aliphatic heterocycles. The van der Waals surface area contributed by atoms with Gasteiger partial charge in [0.05, 0.1) is 10.2 Å². The highest BCUT2D eigenvalue weighted by atomic mass is 32.1. The highest BCUT2D eigenvalue weighted by Gasteiger charge is 2.11. The number of nitrogens with two attached hydrogens (primary N) is 1. The third kappa shape index (κ3) is 2.32. The van der Waals surface area contributed by atoms with Crippen molar-refractivity contribution in [3.05, 3.63) is 53.3 Å². The molecule has 0 aromatic carbocycles. The van der Waals surface area contributed by atoms with Crippen LogP contribution in [-0.2, 0) is 6.42 Å². The Balaban J connectivity index is 1.89. The zero-order valence-electron chi connectivity index (χ0n) is 10.0. The van der Waals surface area contributed by atoms with Gasteiger partial charge in [0, 0.05) is 41.8 Å². The molecule has 5 heteroatoms. The number of nitrogen functional groups attached to an aromatic ring is 1. The van der Waals surface area contributed by atoms with Crippen molar-refractivity contribution in [1.82, 2.24) is 9.97 Å². The first kappa shape index (κ1) is 11.8. The second kappa shape index (κ2) is 4.78. The van der Waals surface area contributed by atoms with Gasteiger partial charge in [-0.3, -0.25) is 14.8 Å². The van der Waals surface area contributed by atoms with Crippen molar-refractivity contribution in [3.63, 3.8) is 0 Å². The minimum Gasteiger partial charge on any atom is -0.398 e. The van der Waals surface area contributed by atoms with E-state index in [2.05, 4.69) is 9.97 Å². The second-order valence-electron chi connectivity index (χ2n) is 4.20. The molecule has 0 bridgehead atoms. The van der Waals surface area contributed by atoms with Crippen LogP contribution in [0.2, 0.25) is 0 Å². The molecule has 0 atom stereocenters. The lowest BCUT2D eigenvalue weighted by atomic mass is 10.0. The molecule has 0 saturated carbocycles. The van der Waals surface area contributed by atoms with Gasteiger partial charge in [-0.1, -0.05) is 0 Å². The van der Waals surface area contributed by atoms with E-state index in [4.69, 9.17) is 5.73 Å². The van der Waals surface area contributed by atoms with E-state index in [1.165, 1.54) is 0 Å². The number of anilines is 1. The van der Waals surface area contributed by atoms with Gasteiger partial charge >= 0.3 is 0 Å². The Morgan fingerprint density at radius 2 is 2.21 bits per heavy atom. The predicted octanol–water partition coefficient (Wildman–Crippen LogP) is 2.70. The highest BCUT2D eigenvalue weighted by molar-refractivity contribution is 7.17. The number of aromatic nitrogens is 2. The quantitative estimate of drug-likeness (QED) is 0.742. The molecule has 0 radical (unpaired) electrons. The Morgan fingerprint density at radius 1 is 1.32 bits per heavy atom. The molecule has 0 saturated heterocycles. The Kier molecular flexibility index (Phi) is 2.97. The molecule has 0 fully saturated rings. The van der Waals surface area contributed by atoms with E-state index in [0.717, 1.165) is 15.8 Å². The first-order chi connectivity index (χ1) is 9.24. The van der Waals surface area contributed by atoms with E-state index in [-0.39, 0.29) is 12.2 Å². The Bertz CT molecular complexity index is 751. The van der Waals surface area contributed by atoms with Crippen LogP contribution in [0.25, 0.3) is 10.2 Å². The number of ketones is 1. The van der Waals surface area contributed by atoms with Gasteiger partial charge in [-0.25, -0.2) is 0 Å². The molecule has 3 aromatic heterocycles. The molecular weight excluding hydrogens is 258 g/mol. The molecule has 3 aromatic rings. The van der Waals surface area contributed by atoms with Gasteiger partial charge in [0.15, 0.2) is 5.78 Å². The van der Waals surface area contributed by atoms with E-state index < -0.39 is 0 Å². The summed E-state index contributed by atoms with van der Waals surface area (Å²) in [6.07, 6.45) is 5.11. The number of nitrogens with zero attached hydrogens (tertiary/aromatic N) is 2. The SMILES string of the molecule is Nc1ccncc1CC(=O)c1cnc2ccsc2c1. The lowest BCUT2D eigenvalue weighted by molar-refractivity contribution is 0.0993. The van der Waals surface area contributed by atoms with Crippen molar-refractivity contribution < 1.29 is 4.79 Å². The fourth-order valence-corrected chi connectivity index (χ4v) is 2.64. The molecule has 2 N–H and O–H groups in total. The van der Waals surface area contributed by atoms with Gasteiger partial charge in [-0.05, 0) is 23.6 Å². The lowest BCUT2D eigenvalue weighted by Crippen LogP contribution is -2.06. The number of fused-ring (bicyclic) bond motifs is 1. The zero-order chi connectivity index (χ0) is 13.2. The van der Waals surface area contributed by atoms with Crippen LogP contribution < -0.4 is 5.73 Å². The molecule has 0 unspecified atom stereocenters. The average Bonchev–Trinajstić information content (AvgIpc) is 2.88. The molecule has 19 heavy (non-hydrogen) atoms. The number of Topliss-reactive ketones (excluding diaryl/α,β-unsaturated/α-hetero) is 1. The van der Waals surface area contributed by atoms with Crippen molar-refractivity contribution in [1.29, 1.82) is 0 Å². The Hall–Kier alpha value is -2.27. The van der Waals surface area contributed by atoms with Crippen LogP contribution in [0.1, 0.15) is 15.9 Å². The van der Waals surface area contributed by atoms with Gasteiger partial charge in [0.2, 0.25) is 0 Å². The maximum Gasteiger partial charge on any atom is 0.168 e. The largest absolute Gasteiger partial charge is 0.398 e. The fraction of sp³-hybridized carbons (Fsp3) is 0.0714. The third-order valence-electron chi connectivity index (χ3n) is 2.92. The van der Waals surface area contributed by atoms with Crippen molar-refractivity contribution in [3.8, 4) is 0 Å². The van der Waals surface area contributed by atoms with Crippen molar-refractivity contribution >= 4 is 33.0 Å². The van der Waals surface area contributed by atoms with Gasteiger partial charge < -0.3 is 5.73 Å². The molecular formula is C14H11N3OS. The summed E-state index contributed by atoms with van der Waals surface area (Å²) in [5.41, 5.74) is 8.68. The smallest absolute Gasteiger partial charge is 0.168 e. The van der Waals surface area contributed by atoms with Gasteiger partial charge in [-0.2, -0.15) is 0 Å². The van der Waals surface area contributed by atoms with E-state index in [9.17, 15) is 4.79 Å². The highest BCUT2D eigenvalue weighted by Crippen LogP contribution is 2.21. The summed E-state index contributed by atoms with van der Waals surface area (Å²) in [5, 5.41) is 1.96. The van der Waals surface area contributed by atoms with Crippen LogP contribution in [0.15, 0.2) is 42.2 Å². The predicted molar refractivity (Wildman–Crippen MR) is 76.3 cm³/mol. The Labute approximate surface area is 113 Å². The first-order valence-corrected chi connectivity index (χ1v) is 6.67. The van der Waals surface area contributed by atoms with Gasteiger partial charge in [0.25, 0.3) is 0 Å². The molecule has 0 spiro atoms. The molecule has 0 amide bonds. The molecule has 0 aliphatic rings. The molecule has 4 nitrogen and oxygen atoms in total. The normalized spacial score (nSPS) is 10.7. The van der Waals surface area contributed by atoms with E-state index >= 15 is 0 Å². The standard InChI is InChI=1S/C14H11N3OS/c15-11-1-3-16-7-9(11)5-13(18)10-6-14-12(17-8-10)2-4-19-14/h1-4,6-8H,5H2,(H2,15,16). The fourth-order valence-electron chi connectivity index (χ4n) is 1.86. The Morgan fingerprint density at radius 3 is 3.05 bits per heavy atom. The molecule has 3 heterocycles. The molecule has 3 rings (SSSR count). The summed E-state index contributed by atoms with van der Waals surface area (Å²) in [7, 11) is 0. The number of hydrogen-bond donors (Lipinski definition) is 1. The number of rotatable bonds is 3. The van der Waals surface area contributed by atoms with Crippen molar-refractivity contribution in [2.24, 2.45) is 0 Å². The summed E-state index contributed by atoms with van der Waals surface area (Å²) >= 11 is 1.58. The third-order valence-corrected chi connectivity index (χ3v) is 3.77. The van der Waals surface area contributed by atoms with Gasteiger partial charge in [-0.15, -0.1) is 11.3 Å².